The highest BCUT2D eigenvalue weighted by atomic mass is 15.2. The Labute approximate surface area is 150 Å². The number of nitrogens with one attached hydrogen (secondary N) is 1. The number of benzene rings is 1. The molecule has 0 saturated carbocycles. The lowest BCUT2D eigenvalue weighted by molar-refractivity contribution is 0.275. The molecule has 3 nitrogen and oxygen atoms in total. The van der Waals surface area contributed by atoms with Crippen molar-refractivity contribution in [3.05, 3.63) is 41.6 Å². The third-order valence-corrected chi connectivity index (χ3v) is 6.79. The van der Waals surface area contributed by atoms with Crippen LogP contribution in [-0.2, 0) is 6.42 Å². The van der Waals surface area contributed by atoms with Crippen molar-refractivity contribution in [1.82, 2.24) is 14.8 Å². The summed E-state index contributed by atoms with van der Waals surface area (Å²) in [6.45, 7) is 3.69. The summed E-state index contributed by atoms with van der Waals surface area (Å²) in [5.41, 5.74) is 5.79. The maximum absolute atomic E-state index is 3.50. The second kappa shape index (κ2) is 6.30. The first-order valence-electron chi connectivity index (χ1n) is 10.0. The highest BCUT2D eigenvalue weighted by molar-refractivity contribution is 5.87. The van der Waals surface area contributed by atoms with Crippen LogP contribution < -0.4 is 0 Å². The minimum atomic E-state index is 0.712. The highest BCUT2D eigenvalue weighted by Gasteiger charge is 2.28. The molecular weight excluding hydrogens is 306 g/mol. The SMILES string of the molecule is CN1CCC[C@H]1Cc1c[nH]c2ccc(C3=CCN4CCC[C@@H]4C3)cc12. The van der Waals surface area contributed by atoms with E-state index < -0.39 is 0 Å². The summed E-state index contributed by atoms with van der Waals surface area (Å²) in [5.74, 6) is 0. The van der Waals surface area contributed by atoms with Crippen LogP contribution in [0.5, 0.6) is 0 Å². The van der Waals surface area contributed by atoms with Crippen molar-refractivity contribution in [1.29, 1.82) is 0 Å². The molecule has 132 valence electrons. The fourth-order valence-corrected chi connectivity index (χ4v) is 5.21. The highest BCUT2D eigenvalue weighted by Crippen LogP contribution is 2.34. The lowest BCUT2D eigenvalue weighted by Gasteiger charge is -2.29. The van der Waals surface area contributed by atoms with E-state index in [-0.39, 0.29) is 0 Å². The predicted molar refractivity (Wildman–Crippen MR) is 105 cm³/mol. The van der Waals surface area contributed by atoms with Gasteiger partial charge in [-0.05, 0) is 87.5 Å². The third-order valence-electron chi connectivity index (χ3n) is 6.79. The van der Waals surface area contributed by atoms with Crippen LogP contribution in [-0.4, -0.2) is 53.5 Å². The maximum Gasteiger partial charge on any atom is 0.0457 e. The smallest absolute Gasteiger partial charge is 0.0457 e. The van der Waals surface area contributed by atoms with Crippen molar-refractivity contribution in [2.75, 3.05) is 26.7 Å². The molecule has 2 saturated heterocycles. The zero-order chi connectivity index (χ0) is 16.8. The Hall–Kier alpha value is -1.58. The summed E-state index contributed by atoms with van der Waals surface area (Å²) in [6.07, 6.45) is 12.6. The Bertz CT molecular complexity index is 803. The fraction of sp³-hybridized carbons (Fsp3) is 0.545. The molecular formula is C22H29N3. The molecule has 0 aliphatic carbocycles. The van der Waals surface area contributed by atoms with Gasteiger partial charge < -0.3 is 9.88 Å². The van der Waals surface area contributed by atoms with Gasteiger partial charge in [-0.1, -0.05) is 12.1 Å². The van der Waals surface area contributed by atoms with Gasteiger partial charge in [0.2, 0.25) is 0 Å². The van der Waals surface area contributed by atoms with Gasteiger partial charge in [-0.3, -0.25) is 4.90 Å². The molecule has 3 heteroatoms. The Kier molecular flexibility index (Phi) is 3.94. The van der Waals surface area contributed by atoms with E-state index >= 15 is 0 Å². The summed E-state index contributed by atoms with van der Waals surface area (Å²) in [5, 5.41) is 1.44. The molecule has 2 atom stereocenters. The van der Waals surface area contributed by atoms with Gasteiger partial charge in [-0.15, -0.1) is 0 Å². The number of aromatic nitrogens is 1. The Morgan fingerprint density at radius 1 is 1.16 bits per heavy atom. The minimum Gasteiger partial charge on any atom is -0.361 e. The van der Waals surface area contributed by atoms with Crippen molar-refractivity contribution >= 4 is 16.5 Å². The predicted octanol–water partition coefficient (Wildman–Crippen LogP) is 4.06. The summed E-state index contributed by atoms with van der Waals surface area (Å²) in [7, 11) is 2.28. The van der Waals surface area contributed by atoms with E-state index in [9.17, 15) is 0 Å². The van der Waals surface area contributed by atoms with Crippen molar-refractivity contribution in [2.24, 2.45) is 0 Å². The van der Waals surface area contributed by atoms with Gasteiger partial charge in [-0.25, -0.2) is 0 Å². The van der Waals surface area contributed by atoms with Gasteiger partial charge in [0, 0.05) is 35.7 Å². The Balaban J connectivity index is 1.44. The molecule has 1 aromatic heterocycles. The van der Waals surface area contributed by atoms with Crippen LogP contribution in [0, 0.1) is 0 Å². The third kappa shape index (κ3) is 2.84. The number of hydrogen-bond donors (Lipinski definition) is 1. The van der Waals surface area contributed by atoms with Crippen LogP contribution in [0.25, 0.3) is 16.5 Å². The van der Waals surface area contributed by atoms with Crippen molar-refractivity contribution in [2.45, 2.75) is 50.6 Å². The zero-order valence-electron chi connectivity index (χ0n) is 15.3. The average Bonchev–Trinajstić information content (AvgIpc) is 3.35. The van der Waals surface area contributed by atoms with E-state index in [2.05, 4.69) is 52.3 Å². The number of hydrogen-bond acceptors (Lipinski definition) is 2. The van der Waals surface area contributed by atoms with E-state index in [4.69, 9.17) is 0 Å². The number of fused-ring (bicyclic) bond motifs is 2. The number of H-pyrrole nitrogens is 1. The molecule has 0 bridgehead atoms. The molecule has 5 rings (SSSR count). The number of likely N-dealkylation sites (N-methyl/N-ethyl adjacent to an activating group) is 1. The van der Waals surface area contributed by atoms with Gasteiger partial charge in [0.05, 0.1) is 0 Å². The van der Waals surface area contributed by atoms with Gasteiger partial charge in [0.25, 0.3) is 0 Å². The number of likely N-dealkylation sites (tertiary alicyclic amines) is 1. The molecule has 4 heterocycles. The van der Waals surface area contributed by atoms with E-state index in [0.717, 1.165) is 12.6 Å². The monoisotopic (exact) mass is 335 g/mol. The zero-order valence-corrected chi connectivity index (χ0v) is 15.3. The molecule has 3 aliphatic rings. The van der Waals surface area contributed by atoms with E-state index in [1.807, 2.05) is 0 Å². The van der Waals surface area contributed by atoms with Crippen LogP contribution in [0.4, 0.5) is 0 Å². The molecule has 3 aliphatic heterocycles. The normalized spacial score (nSPS) is 27.8. The first-order valence-corrected chi connectivity index (χ1v) is 10.0. The second-order valence-corrected chi connectivity index (χ2v) is 8.28. The largest absolute Gasteiger partial charge is 0.361 e. The van der Waals surface area contributed by atoms with Crippen molar-refractivity contribution in [3.8, 4) is 0 Å². The van der Waals surface area contributed by atoms with Gasteiger partial charge in [0.1, 0.15) is 0 Å². The molecule has 2 aromatic rings. The Morgan fingerprint density at radius 3 is 2.96 bits per heavy atom. The summed E-state index contributed by atoms with van der Waals surface area (Å²) < 4.78 is 0. The summed E-state index contributed by atoms with van der Waals surface area (Å²) in [6, 6.07) is 8.55. The second-order valence-electron chi connectivity index (χ2n) is 8.28. The molecule has 1 N–H and O–H groups in total. The minimum absolute atomic E-state index is 0.712. The first kappa shape index (κ1) is 15.7. The van der Waals surface area contributed by atoms with E-state index in [1.165, 1.54) is 73.6 Å². The van der Waals surface area contributed by atoms with E-state index in [1.54, 1.807) is 5.57 Å². The lowest BCUT2D eigenvalue weighted by atomic mass is 9.92. The number of rotatable bonds is 3. The van der Waals surface area contributed by atoms with Gasteiger partial charge >= 0.3 is 0 Å². The molecule has 0 radical (unpaired) electrons. The summed E-state index contributed by atoms with van der Waals surface area (Å²) >= 11 is 0. The number of aromatic amines is 1. The van der Waals surface area contributed by atoms with Crippen LogP contribution in [0.3, 0.4) is 0 Å². The van der Waals surface area contributed by atoms with Gasteiger partial charge in [-0.2, -0.15) is 0 Å². The Morgan fingerprint density at radius 2 is 2.08 bits per heavy atom. The van der Waals surface area contributed by atoms with Crippen LogP contribution >= 0.6 is 0 Å². The molecule has 2 fully saturated rings. The van der Waals surface area contributed by atoms with Gasteiger partial charge in [0.15, 0.2) is 0 Å². The average molecular weight is 335 g/mol. The van der Waals surface area contributed by atoms with Crippen LogP contribution in [0.1, 0.15) is 43.2 Å². The first-order chi connectivity index (χ1) is 12.3. The molecule has 25 heavy (non-hydrogen) atoms. The van der Waals surface area contributed by atoms with Crippen molar-refractivity contribution < 1.29 is 0 Å². The molecule has 1 aromatic carbocycles. The van der Waals surface area contributed by atoms with Crippen molar-refractivity contribution in [3.63, 3.8) is 0 Å². The molecule has 0 spiro atoms. The quantitative estimate of drug-likeness (QED) is 0.914. The topological polar surface area (TPSA) is 22.3 Å². The standard InChI is InChI=1S/C22H29N3/c1-24-9-2-4-19(24)13-18-15-23-22-7-6-16(14-21(18)22)17-8-11-25-10-3-5-20(25)12-17/h6-8,14-15,19-20,23H,2-5,9-13H2,1H3/t19-,20+/m0/s1. The van der Waals surface area contributed by atoms with Crippen LogP contribution in [0.2, 0.25) is 0 Å². The van der Waals surface area contributed by atoms with Crippen LogP contribution in [0.15, 0.2) is 30.5 Å². The fourth-order valence-electron chi connectivity index (χ4n) is 5.21. The maximum atomic E-state index is 3.50. The summed E-state index contributed by atoms with van der Waals surface area (Å²) in [4.78, 5) is 8.68. The van der Waals surface area contributed by atoms with E-state index in [0.29, 0.717) is 6.04 Å². The number of nitrogens with zero attached hydrogens (tertiary/aromatic N) is 2. The molecule has 0 amide bonds. The lowest BCUT2D eigenvalue weighted by Crippen LogP contribution is -2.32. The molecule has 0 unspecified atom stereocenters.